The maximum Gasteiger partial charge on any atom is 0.313 e. The molecule has 13 heavy (non-hydrogen) atoms. The van der Waals surface area contributed by atoms with Gasteiger partial charge in [0.25, 0.3) is 0 Å². The number of aliphatic carboxylic acids is 1. The van der Waals surface area contributed by atoms with Gasteiger partial charge in [-0.25, -0.2) is 0 Å². The van der Waals surface area contributed by atoms with Gasteiger partial charge in [-0.1, -0.05) is 28.1 Å². The Morgan fingerprint density at radius 1 is 1.54 bits per heavy atom. The van der Waals surface area contributed by atoms with Crippen LogP contribution in [0.25, 0.3) is 0 Å². The summed E-state index contributed by atoms with van der Waals surface area (Å²) in [5.74, 6) is 0.137. The van der Waals surface area contributed by atoms with Gasteiger partial charge in [-0.05, 0) is 17.7 Å². The molecule has 0 aromatic heterocycles. The lowest BCUT2D eigenvalue weighted by Crippen LogP contribution is -1.98. The third-order valence-corrected chi connectivity index (χ3v) is 2.87. The van der Waals surface area contributed by atoms with Gasteiger partial charge in [0.05, 0.1) is 5.75 Å². The highest BCUT2D eigenvalue weighted by Gasteiger charge is 1.98. The normalized spacial score (nSPS) is 9.92. The van der Waals surface area contributed by atoms with E-state index in [0.29, 0.717) is 0 Å². The highest BCUT2D eigenvalue weighted by molar-refractivity contribution is 9.10. The highest BCUT2D eigenvalue weighted by Crippen LogP contribution is 2.16. The summed E-state index contributed by atoms with van der Waals surface area (Å²) >= 11 is 4.76. The van der Waals surface area contributed by atoms with Crippen LogP contribution in [0.15, 0.2) is 28.7 Å². The van der Waals surface area contributed by atoms with Gasteiger partial charge in [0.15, 0.2) is 0 Å². The first kappa shape index (κ1) is 10.6. The fourth-order valence-electron chi connectivity index (χ4n) is 0.883. The van der Waals surface area contributed by atoms with Gasteiger partial charge in [-0.15, -0.1) is 11.8 Å². The lowest BCUT2D eigenvalue weighted by atomic mass is 10.2. The summed E-state index contributed by atoms with van der Waals surface area (Å²) in [7, 11) is 0. The van der Waals surface area contributed by atoms with Crippen LogP contribution in [0, 0.1) is 0 Å². The van der Waals surface area contributed by atoms with Crippen molar-refractivity contribution >= 4 is 33.7 Å². The summed E-state index contributed by atoms with van der Waals surface area (Å²) in [6, 6.07) is 7.88. The number of carboxylic acids is 1. The second-order valence-corrected chi connectivity index (χ2v) is 4.42. The van der Waals surface area contributed by atoms with Crippen LogP contribution in [0.2, 0.25) is 0 Å². The Labute approximate surface area is 89.5 Å². The van der Waals surface area contributed by atoms with Gasteiger partial charge in [-0.2, -0.15) is 0 Å². The van der Waals surface area contributed by atoms with Crippen LogP contribution in [-0.2, 0) is 10.5 Å². The molecule has 0 aliphatic carbocycles. The Balaban J connectivity index is 2.41. The monoisotopic (exact) mass is 260 g/mol. The molecule has 0 amide bonds. The Hall–Kier alpha value is -0.480. The fraction of sp³-hybridized carbons (Fsp3) is 0.222. The number of rotatable bonds is 4. The molecule has 0 bridgehead atoms. The van der Waals surface area contributed by atoms with Crippen LogP contribution in [0.3, 0.4) is 0 Å². The molecule has 0 atom stereocenters. The van der Waals surface area contributed by atoms with Crippen LogP contribution < -0.4 is 0 Å². The minimum absolute atomic E-state index is 0.159. The van der Waals surface area contributed by atoms with E-state index in [2.05, 4.69) is 15.9 Å². The van der Waals surface area contributed by atoms with Crippen molar-refractivity contribution in [2.75, 3.05) is 5.75 Å². The molecule has 0 saturated heterocycles. The molecule has 1 rings (SSSR count). The van der Waals surface area contributed by atoms with E-state index < -0.39 is 5.97 Å². The number of benzene rings is 1. The summed E-state index contributed by atoms with van der Waals surface area (Å²) in [5.41, 5.74) is 1.14. The molecule has 0 radical (unpaired) electrons. The Kier molecular flexibility index (Phi) is 4.32. The molecule has 0 saturated carbocycles. The summed E-state index contributed by atoms with van der Waals surface area (Å²) < 4.78 is 1.03. The topological polar surface area (TPSA) is 37.3 Å². The molecular formula is C9H9BrO2S. The number of hydrogen-bond acceptors (Lipinski definition) is 2. The van der Waals surface area contributed by atoms with E-state index in [9.17, 15) is 4.79 Å². The van der Waals surface area contributed by atoms with Crippen molar-refractivity contribution in [3.05, 3.63) is 34.3 Å². The molecule has 0 aliphatic heterocycles. The standard InChI is InChI=1S/C9H9BrO2S/c10-8-3-1-2-7(4-8)5-13-6-9(11)12/h1-4H,5-6H2,(H,11,12). The quantitative estimate of drug-likeness (QED) is 0.905. The molecule has 70 valence electrons. The zero-order valence-corrected chi connectivity index (χ0v) is 9.27. The lowest BCUT2D eigenvalue weighted by molar-refractivity contribution is -0.133. The summed E-state index contributed by atoms with van der Waals surface area (Å²) in [6.07, 6.45) is 0. The van der Waals surface area contributed by atoms with E-state index in [1.54, 1.807) is 0 Å². The number of carbonyl (C=O) groups is 1. The number of halogens is 1. The number of hydrogen-bond donors (Lipinski definition) is 1. The SMILES string of the molecule is O=C(O)CSCc1cccc(Br)c1. The molecule has 0 aliphatic rings. The predicted octanol–water partition coefficient (Wildman–Crippen LogP) is 2.77. The molecule has 0 spiro atoms. The summed E-state index contributed by atoms with van der Waals surface area (Å²) in [6.45, 7) is 0. The summed E-state index contributed by atoms with van der Waals surface area (Å²) in [5, 5.41) is 8.42. The van der Waals surface area contributed by atoms with Crippen LogP contribution in [0.4, 0.5) is 0 Å². The maximum absolute atomic E-state index is 10.2. The first-order chi connectivity index (χ1) is 6.18. The molecular weight excluding hydrogens is 252 g/mol. The van der Waals surface area contributed by atoms with Crippen molar-refractivity contribution in [3.8, 4) is 0 Å². The van der Waals surface area contributed by atoms with Crippen molar-refractivity contribution in [2.45, 2.75) is 5.75 Å². The van der Waals surface area contributed by atoms with E-state index in [0.717, 1.165) is 15.8 Å². The smallest absolute Gasteiger partial charge is 0.313 e. The lowest BCUT2D eigenvalue weighted by Gasteiger charge is -1.99. The molecule has 1 N–H and O–H groups in total. The van der Waals surface area contributed by atoms with Gasteiger partial charge in [0.1, 0.15) is 0 Å². The van der Waals surface area contributed by atoms with Crippen LogP contribution >= 0.6 is 27.7 Å². The van der Waals surface area contributed by atoms with Gasteiger partial charge < -0.3 is 5.11 Å². The second-order valence-electron chi connectivity index (χ2n) is 2.52. The highest BCUT2D eigenvalue weighted by atomic mass is 79.9. The number of thioether (sulfide) groups is 1. The number of carboxylic acid groups (broad SMARTS) is 1. The summed E-state index contributed by atoms with van der Waals surface area (Å²) in [4.78, 5) is 10.2. The Morgan fingerprint density at radius 3 is 2.92 bits per heavy atom. The van der Waals surface area contributed by atoms with E-state index >= 15 is 0 Å². The average molecular weight is 261 g/mol. The minimum Gasteiger partial charge on any atom is -0.481 e. The molecule has 1 aromatic rings. The third-order valence-electron chi connectivity index (χ3n) is 1.38. The molecule has 1 aromatic carbocycles. The second kappa shape index (κ2) is 5.29. The first-order valence-electron chi connectivity index (χ1n) is 3.72. The van der Waals surface area contributed by atoms with Crippen LogP contribution in [-0.4, -0.2) is 16.8 Å². The fourth-order valence-corrected chi connectivity index (χ4v) is 2.02. The Morgan fingerprint density at radius 2 is 2.31 bits per heavy atom. The molecule has 4 heteroatoms. The molecule has 0 unspecified atom stereocenters. The van der Waals surface area contributed by atoms with Crippen molar-refractivity contribution in [3.63, 3.8) is 0 Å². The third kappa shape index (κ3) is 4.33. The van der Waals surface area contributed by atoms with E-state index in [-0.39, 0.29) is 5.75 Å². The van der Waals surface area contributed by atoms with E-state index in [4.69, 9.17) is 5.11 Å². The largest absolute Gasteiger partial charge is 0.481 e. The average Bonchev–Trinajstić information content (AvgIpc) is 2.03. The van der Waals surface area contributed by atoms with Crippen LogP contribution in [0.1, 0.15) is 5.56 Å². The zero-order valence-electron chi connectivity index (χ0n) is 6.87. The Bertz CT molecular complexity index is 301. The first-order valence-corrected chi connectivity index (χ1v) is 5.67. The molecule has 0 fully saturated rings. The van der Waals surface area contributed by atoms with Gasteiger partial charge >= 0.3 is 5.97 Å². The molecule has 0 heterocycles. The molecule has 2 nitrogen and oxygen atoms in total. The van der Waals surface area contributed by atoms with Gasteiger partial charge in [0, 0.05) is 10.2 Å². The van der Waals surface area contributed by atoms with Gasteiger partial charge in [-0.3, -0.25) is 4.79 Å². The van der Waals surface area contributed by atoms with Crippen molar-refractivity contribution in [2.24, 2.45) is 0 Å². The zero-order chi connectivity index (χ0) is 9.68. The maximum atomic E-state index is 10.2. The minimum atomic E-state index is -0.764. The van der Waals surface area contributed by atoms with Crippen molar-refractivity contribution in [1.29, 1.82) is 0 Å². The van der Waals surface area contributed by atoms with Crippen molar-refractivity contribution < 1.29 is 9.90 Å². The van der Waals surface area contributed by atoms with Crippen LogP contribution in [0.5, 0.6) is 0 Å². The van der Waals surface area contributed by atoms with E-state index in [1.165, 1.54) is 11.8 Å². The van der Waals surface area contributed by atoms with Crippen molar-refractivity contribution in [1.82, 2.24) is 0 Å². The predicted molar refractivity (Wildman–Crippen MR) is 57.9 cm³/mol. The van der Waals surface area contributed by atoms with Gasteiger partial charge in [0.2, 0.25) is 0 Å². The van der Waals surface area contributed by atoms with E-state index in [1.807, 2.05) is 24.3 Å².